The van der Waals surface area contributed by atoms with Gasteiger partial charge in [0, 0.05) is 18.3 Å². The predicted octanol–water partition coefficient (Wildman–Crippen LogP) is 3.23. The molecule has 1 N–H and O–H groups in total. The molecule has 0 aliphatic carbocycles. The predicted molar refractivity (Wildman–Crippen MR) is 98.7 cm³/mol. The molecular formula is C17H18ClN3O3S. The Hall–Kier alpha value is -2.12. The van der Waals surface area contributed by atoms with Crippen molar-refractivity contribution in [2.24, 2.45) is 0 Å². The summed E-state index contributed by atoms with van der Waals surface area (Å²) in [5.74, 6) is 0.248. The zero-order valence-electron chi connectivity index (χ0n) is 13.7. The summed E-state index contributed by atoms with van der Waals surface area (Å²) in [6, 6.07) is 8.24. The van der Waals surface area contributed by atoms with E-state index >= 15 is 0 Å². The molecular weight excluding hydrogens is 362 g/mol. The summed E-state index contributed by atoms with van der Waals surface area (Å²) >= 11 is 5.77. The van der Waals surface area contributed by atoms with Crippen molar-refractivity contribution in [3.8, 4) is 0 Å². The molecule has 2 aromatic rings. The van der Waals surface area contributed by atoms with Crippen LogP contribution in [0.4, 0.5) is 11.5 Å². The van der Waals surface area contributed by atoms with Crippen LogP contribution in [0.2, 0.25) is 5.02 Å². The molecule has 8 heteroatoms. The molecule has 0 unspecified atom stereocenters. The quantitative estimate of drug-likeness (QED) is 0.887. The van der Waals surface area contributed by atoms with Crippen LogP contribution in [-0.2, 0) is 10.0 Å². The second-order valence-corrected chi connectivity index (χ2v) is 8.36. The molecule has 1 aliphatic rings. The Kier molecular flexibility index (Phi) is 4.96. The molecule has 25 heavy (non-hydrogen) atoms. The van der Waals surface area contributed by atoms with Gasteiger partial charge in [0.05, 0.1) is 16.5 Å². The van der Waals surface area contributed by atoms with E-state index < -0.39 is 10.0 Å². The number of hydrogen-bond acceptors (Lipinski definition) is 4. The van der Waals surface area contributed by atoms with Crippen molar-refractivity contribution in [3.05, 3.63) is 52.7 Å². The van der Waals surface area contributed by atoms with Gasteiger partial charge in [-0.05, 0) is 55.7 Å². The molecule has 1 aromatic heterocycles. The Morgan fingerprint density at radius 1 is 1.24 bits per heavy atom. The average Bonchev–Trinajstić information content (AvgIpc) is 2.57. The fraction of sp³-hybridized carbons (Fsp3) is 0.294. The van der Waals surface area contributed by atoms with Gasteiger partial charge in [0.2, 0.25) is 10.0 Å². The molecule has 2 heterocycles. The fourth-order valence-electron chi connectivity index (χ4n) is 2.77. The third kappa shape index (κ3) is 3.93. The lowest BCUT2D eigenvalue weighted by Gasteiger charge is -2.29. The minimum absolute atomic E-state index is 0.164. The van der Waals surface area contributed by atoms with Crippen LogP contribution in [0.1, 0.15) is 28.8 Å². The highest BCUT2D eigenvalue weighted by atomic mass is 35.5. The van der Waals surface area contributed by atoms with Crippen molar-refractivity contribution < 1.29 is 13.2 Å². The second kappa shape index (κ2) is 7.01. The molecule has 1 saturated heterocycles. The van der Waals surface area contributed by atoms with Crippen molar-refractivity contribution in [1.29, 1.82) is 0 Å². The molecule has 1 amide bonds. The summed E-state index contributed by atoms with van der Waals surface area (Å²) in [6.45, 7) is 2.28. The van der Waals surface area contributed by atoms with Crippen molar-refractivity contribution in [3.63, 3.8) is 0 Å². The first-order valence-corrected chi connectivity index (χ1v) is 9.89. The monoisotopic (exact) mass is 379 g/mol. The first-order valence-electron chi connectivity index (χ1n) is 7.91. The van der Waals surface area contributed by atoms with E-state index in [9.17, 15) is 13.2 Å². The van der Waals surface area contributed by atoms with Gasteiger partial charge in [-0.1, -0.05) is 11.6 Å². The first-order chi connectivity index (χ1) is 11.9. The van der Waals surface area contributed by atoms with Gasteiger partial charge in [0.1, 0.15) is 5.82 Å². The lowest BCUT2D eigenvalue weighted by Crippen LogP contribution is -2.38. The molecule has 0 spiro atoms. The number of nitrogens with one attached hydrogen (secondary N) is 1. The third-order valence-corrected chi connectivity index (χ3v) is 6.12. The fourth-order valence-corrected chi connectivity index (χ4v) is 4.59. The Morgan fingerprint density at radius 3 is 2.68 bits per heavy atom. The highest BCUT2D eigenvalue weighted by Gasteiger charge is 2.27. The molecule has 0 atom stereocenters. The van der Waals surface area contributed by atoms with E-state index in [4.69, 9.17) is 11.6 Å². The molecule has 0 bridgehead atoms. The number of sulfonamides is 1. The van der Waals surface area contributed by atoms with E-state index in [1.807, 2.05) is 0 Å². The molecule has 3 rings (SSSR count). The number of pyridine rings is 1. The maximum absolute atomic E-state index is 12.4. The van der Waals surface area contributed by atoms with Crippen LogP contribution in [-0.4, -0.2) is 31.6 Å². The van der Waals surface area contributed by atoms with Crippen LogP contribution in [0.15, 0.2) is 36.5 Å². The average molecular weight is 380 g/mol. The van der Waals surface area contributed by atoms with Gasteiger partial charge in [0.15, 0.2) is 0 Å². The van der Waals surface area contributed by atoms with E-state index in [1.165, 1.54) is 10.5 Å². The number of hydrogen-bond donors (Lipinski definition) is 1. The number of anilines is 2. The standard InChI is InChI=1S/C17H18ClN3O3S/c1-12-10-13(17(22)20-16-7-5-14(18)11-19-16)4-6-15(12)21-8-2-3-9-25(21,23)24/h4-7,10-11H,2-3,8-9H2,1H3,(H,19,20,22). The van der Waals surface area contributed by atoms with Gasteiger partial charge in [0.25, 0.3) is 5.91 Å². The minimum atomic E-state index is -3.27. The highest BCUT2D eigenvalue weighted by molar-refractivity contribution is 7.92. The number of carbonyl (C=O) groups excluding carboxylic acids is 1. The maximum atomic E-state index is 12.4. The van der Waals surface area contributed by atoms with Gasteiger partial charge in [-0.15, -0.1) is 0 Å². The Bertz CT molecular complexity index is 898. The zero-order valence-corrected chi connectivity index (χ0v) is 15.3. The number of benzene rings is 1. The van der Waals surface area contributed by atoms with E-state index in [0.29, 0.717) is 35.1 Å². The second-order valence-electron chi connectivity index (χ2n) is 5.91. The largest absolute Gasteiger partial charge is 0.307 e. The van der Waals surface area contributed by atoms with Crippen molar-refractivity contribution in [2.45, 2.75) is 19.8 Å². The molecule has 6 nitrogen and oxygen atoms in total. The van der Waals surface area contributed by atoms with Gasteiger partial charge >= 0.3 is 0 Å². The van der Waals surface area contributed by atoms with Crippen molar-refractivity contribution in [2.75, 3.05) is 21.9 Å². The summed E-state index contributed by atoms with van der Waals surface area (Å²) in [5, 5.41) is 3.17. The topological polar surface area (TPSA) is 79.4 Å². The van der Waals surface area contributed by atoms with Crippen LogP contribution >= 0.6 is 11.6 Å². The Labute approximate surface area is 151 Å². The van der Waals surface area contributed by atoms with E-state index in [2.05, 4.69) is 10.3 Å². The minimum Gasteiger partial charge on any atom is -0.307 e. The normalized spacial score (nSPS) is 16.5. The number of amides is 1. The van der Waals surface area contributed by atoms with Crippen LogP contribution in [0.5, 0.6) is 0 Å². The summed E-state index contributed by atoms with van der Waals surface area (Å²) in [5.41, 5.74) is 1.80. The van der Waals surface area contributed by atoms with E-state index in [-0.39, 0.29) is 11.7 Å². The summed E-state index contributed by atoms with van der Waals surface area (Å²) < 4.78 is 25.9. The molecule has 0 radical (unpaired) electrons. The highest BCUT2D eigenvalue weighted by Crippen LogP contribution is 2.27. The molecule has 1 aliphatic heterocycles. The van der Waals surface area contributed by atoms with Gasteiger partial charge in [-0.3, -0.25) is 9.10 Å². The maximum Gasteiger partial charge on any atom is 0.256 e. The van der Waals surface area contributed by atoms with Crippen LogP contribution in [0.25, 0.3) is 0 Å². The molecule has 0 saturated carbocycles. The smallest absolute Gasteiger partial charge is 0.256 e. The van der Waals surface area contributed by atoms with Crippen LogP contribution in [0, 0.1) is 6.92 Å². The Balaban J connectivity index is 1.81. The number of aryl methyl sites for hydroxylation is 1. The number of aromatic nitrogens is 1. The van der Waals surface area contributed by atoms with Crippen LogP contribution < -0.4 is 9.62 Å². The van der Waals surface area contributed by atoms with E-state index in [0.717, 1.165) is 12.0 Å². The molecule has 1 fully saturated rings. The lowest BCUT2D eigenvalue weighted by molar-refractivity contribution is 0.102. The zero-order chi connectivity index (χ0) is 18.0. The number of halogens is 1. The number of rotatable bonds is 3. The summed E-state index contributed by atoms with van der Waals surface area (Å²) in [7, 11) is -3.27. The lowest BCUT2D eigenvalue weighted by atomic mass is 10.1. The Morgan fingerprint density at radius 2 is 2.04 bits per heavy atom. The van der Waals surface area contributed by atoms with Crippen molar-refractivity contribution >= 4 is 39.0 Å². The van der Waals surface area contributed by atoms with Crippen molar-refractivity contribution in [1.82, 2.24) is 4.98 Å². The van der Waals surface area contributed by atoms with E-state index in [1.54, 1.807) is 37.3 Å². The molecule has 132 valence electrons. The first kappa shape index (κ1) is 17.7. The van der Waals surface area contributed by atoms with Gasteiger partial charge in [-0.2, -0.15) is 0 Å². The molecule has 1 aromatic carbocycles. The third-order valence-electron chi connectivity index (χ3n) is 4.05. The number of carbonyl (C=O) groups is 1. The SMILES string of the molecule is Cc1cc(C(=O)Nc2ccc(Cl)cn2)ccc1N1CCCCS1(=O)=O. The van der Waals surface area contributed by atoms with Crippen LogP contribution in [0.3, 0.4) is 0 Å². The van der Waals surface area contributed by atoms with Gasteiger partial charge in [-0.25, -0.2) is 13.4 Å². The summed E-state index contributed by atoms with van der Waals surface area (Å²) in [6.07, 6.45) is 2.97. The van der Waals surface area contributed by atoms with Gasteiger partial charge < -0.3 is 5.32 Å². The number of nitrogens with zero attached hydrogens (tertiary/aromatic N) is 2. The summed E-state index contributed by atoms with van der Waals surface area (Å²) in [4.78, 5) is 16.4.